The van der Waals surface area contributed by atoms with Crippen LogP contribution in [0.4, 0.5) is 8.78 Å². The first-order valence-corrected chi connectivity index (χ1v) is 3.58. The molecular weight excluding hydrogens is 204 g/mol. The molecule has 1 aromatic rings. The maximum Gasteiger partial charge on any atom is 0.387 e. The van der Waals surface area contributed by atoms with E-state index < -0.39 is 6.61 Å². The number of aldehydes is 1. The number of rotatable bonds is 3. The van der Waals surface area contributed by atoms with Gasteiger partial charge in [0.15, 0.2) is 12.0 Å². The first kappa shape index (κ1) is 9.85. The number of carbonyl (C=O) groups excluding carboxylic acids is 1. The lowest BCUT2D eigenvalue weighted by atomic mass is 10.3. The van der Waals surface area contributed by atoms with Crippen LogP contribution in [0.25, 0.3) is 0 Å². The Kier molecular flexibility index (Phi) is 3.13. The van der Waals surface area contributed by atoms with E-state index in [1.165, 1.54) is 6.07 Å². The van der Waals surface area contributed by atoms with E-state index in [2.05, 4.69) is 9.72 Å². The van der Waals surface area contributed by atoms with Crippen LogP contribution in [-0.2, 0) is 0 Å². The number of nitrogens with zero attached hydrogens (tertiary/aromatic N) is 1. The molecule has 0 aliphatic heterocycles. The van der Waals surface area contributed by atoms with Crippen molar-refractivity contribution in [1.29, 1.82) is 0 Å². The lowest BCUT2D eigenvalue weighted by molar-refractivity contribution is -0.0503. The molecule has 0 aliphatic rings. The highest BCUT2D eigenvalue weighted by Crippen LogP contribution is 2.19. The molecule has 0 saturated carbocycles. The minimum Gasteiger partial charge on any atom is -0.432 e. The molecule has 0 N–H and O–H groups in total. The maximum atomic E-state index is 11.7. The van der Waals surface area contributed by atoms with E-state index in [-0.39, 0.29) is 16.6 Å². The van der Waals surface area contributed by atoms with Crippen molar-refractivity contribution in [3.63, 3.8) is 0 Å². The van der Waals surface area contributed by atoms with Gasteiger partial charge in [-0.1, -0.05) is 11.6 Å². The fraction of sp³-hybridized carbons (Fsp3) is 0.143. The van der Waals surface area contributed by atoms with Crippen molar-refractivity contribution in [2.24, 2.45) is 0 Å². The SMILES string of the molecule is O=Cc1nc(Cl)ccc1OC(F)F. The van der Waals surface area contributed by atoms with Gasteiger partial charge in [-0.3, -0.25) is 4.79 Å². The van der Waals surface area contributed by atoms with Crippen LogP contribution >= 0.6 is 11.6 Å². The largest absolute Gasteiger partial charge is 0.432 e. The Morgan fingerprint density at radius 2 is 2.23 bits per heavy atom. The van der Waals surface area contributed by atoms with Crippen molar-refractivity contribution in [1.82, 2.24) is 4.98 Å². The summed E-state index contributed by atoms with van der Waals surface area (Å²) in [6.07, 6.45) is 0.295. The molecule has 1 heterocycles. The van der Waals surface area contributed by atoms with Gasteiger partial charge in [-0.05, 0) is 12.1 Å². The number of ether oxygens (including phenoxy) is 1. The van der Waals surface area contributed by atoms with E-state index in [0.29, 0.717) is 6.29 Å². The van der Waals surface area contributed by atoms with Crippen molar-refractivity contribution in [3.05, 3.63) is 23.0 Å². The molecule has 0 amide bonds. The Morgan fingerprint density at radius 3 is 2.77 bits per heavy atom. The summed E-state index contributed by atoms with van der Waals surface area (Å²) in [4.78, 5) is 13.8. The second kappa shape index (κ2) is 4.13. The van der Waals surface area contributed by atoms with Gasteiger partial charge in [0, 0.05) is 0 Å². The van der Waals surface area contributed by atoms with Gasteiger partial charge >= 0.3 is 6.61 Å². The summed E-state index contributed by atoms with van der Waals surface area (Å²) < 4.78 is 27.5. The Bertz CT molecular complexity index is 319. The first-order chi connectivity index (χ1) is 6.13. The van der Waals surface area contributed by atoms with Crippen molar-refractivity contribution < 1.29 is 18.3 Å². The van der Waals surface area contributed by atoms with Crippen molar-refractivity contribution in [2.45, 2.75) is 6.61 Å². The number of alkyl halides is 2. The van der Waals surface area contributed by atoms with Crippen LogP contribution in [0.1, 0.15) is 10.5 Å². The zero-order valence-electron chi connectivity index (χ0n) is 6.21. The average molecular weight is 208 g/mol. The van der Waals surface area contributed by atoms with E-state index >= 15 is 0 Å². The lowest BCUT2D eigenvalue weighted by Crippen LogP contribution is -2.05. The number of pyridine rings is 1. The predicted octanol–water partition coefficient (Wildman–Crippen LogP) is 2.15. The minimum absolute atomic E-state index is 0.0451. The fourth-order valence-electron chi connectivity index (χ4n) is 0.717. The summed E-state index contributed by atoms with van der Waals surface area (Å²) in [6.45, 7) is -2.98. The van der Waals surface area contributed by atoms with Crippen molar-refractivity contribution in [2.75, 3.05) is 0 Å². The molecular formula is C7H4ClF2NO2. The average Bonchev–Trinajstić information content (AvgIpc) is 2.07. The van der Waals surface area contributed by atoms with Crippen LogP contribution in [0.2, 0.25) is 5.15 Å². The molecule has 0 fully saturated rings. The molecule has 0 saturated heterocycles. The van der Waals surface area contributed by atoms with Crippen LogP contribution < -0.4 is 4.74 Å². The van der Waals surface area contributed by atoms with E-state index in [1.807, 2.05) is 0 Å². The monoisotopic (exact) mass is 207 g/mol. The van der Waals surface area contributed by atoms with E-state index in [0.717, 1.165) is 6.07 Å². The summed E-state index contributed by atoms with van der Waals surface area (Å²) in [5.74, 6) is -0.283. The predicted molar refractivity (Wildman–Crippen MR) is 41.3 cm³/mol. The van der Waals surface area contributed by atoms with Crippen LogP contribution in [0.5, 0.6) is 5.75 Å². The molecule has 0 spiro atoms. The lowest BCUT2D eigenvalue weighted by Gasteiger charge is -2.05. The molecule has 0 aromatic carbocycles. The number of hydrogen-bond donors (Lipinski definition) is 0. The van der Waals surface area contributed by atoms with Gasteiger partial charge in [-0.15, -0.1) is 0 Å². The number of carbonyl (C=O) groups is 1. The second-order valence-electron chi connectivity index (χ2n) is 2.01. The second-order valence-corrected chi connectivity index (χ2v) is 2.40. The molecule has 70 valence electrons. The third-order valence-corrected chi connectivity index (χ3v) is 1.39. The highest BCUT2D eigenvalue weighted by molar-refractivity contribution is 6.29. The molecule has 0 radical (unpaired) electrons. The van der Waals surface area contributed by atoms with Gasteiger partial charge in [0.1, 0.15) is 10.8 Å². The first-order valence-electron chi connectivity index (χ1n) is 3.20. The summed E-state index contributed by atoms with van der Waals surface area (Å²) in [5, 5.41) is 0.0451. The molecule has 0 aliphatic carbocycles. The molecule has 3 nitrogen and oxygen atoms in total. The summed E-state index contributed by atoms with van der Waals surface area (Å²) in [6, 6.07) is 2.41. The van der Waals surface area contributed by atoms with Gasteiger partial charge in [-0.2, -0.15) is 8.78 Å². The van der Waals surface area contributed by atoms with E-state index in [4.69, 9.17) is 11.6 Å². The Morgan fingerprint density at radius 1 is 1.54 bits per heavy atom. The van der Waals surface area contributed by atoms with Crippen molar-refractivity contribution >= 4 is 17.9 Å². The van der Waals surface area contributed by atoms with Gasteiger partial charge in [-0.25, -0.2) is 4.98 Å². The van der Waals surface area contributed by atoms with Gasteiger partial charge < -0.3 is 4.74 Å². The molecule has 6 heteroatoms. The molecule has 1 rings (SSSR count). The van der Waals surface area contributed by atoms with Crippen LogP contribution in [0, 0.1) is 0 Å². The zero-order valence-corrected chi connectivity index (χ0v) is 6.96. The number of hydrogen-bond acceptors (Lipinski definition) is 3. The summed E-state index contributed by atoms with van der Waals surface area (Å²) in [5.41, 5.74) is -0.243. The molecule has 13 heavy (non-hydrogen) atoms. The third-order valence-electron chi connectivity index (χ3n) is 1.18. The highest BCUT2D eigenvalue weighted by Gasteiger charge is 2.10. The Labute approximate surface area is 77.3 Å². The van der Waals surface area contributed by atoms with E-state index in [9.17, 15) is 13.6 Å². The van der Waals surface area contributed by atoms with Crippen LogP contribution in [0.15, 0.2) is 12.1 Å². The van der Waals surface area contributed by atoms with Gasteiger partial charge in [0.2, 0.25) is 0 Å². The maximum absolute atomic E-state index is 11.7. The number of halogens is 3. The summed E-state index contributed by atoms with van der Waals surface area (Å²) in [7, 11) is 0. The number of aromatic nitrogens is 1. The van der Waals surface area contributed by atoms with Gasteiger partial charge in [0.05, 0.1) is 0 Å². The van der Waals surface area contributed by atoms with Crippen molar-refractivity contribution in [3.8, 4) is 5.75 Å². The highest BCUT2D eigenvalue weighted by atomic mass is 35.5. The van der Waals surface area contributed by atoms with E-state index in [1.54, 1.807) is 0 Å². The Hall–Kier alpha value is -1.23. The minimum atomic E-state index is -2.98. The fourth-order valence-corrected chi connectivity index (χ4v) is 0.871. The summed E-state index contributed by atoms with van der Waals surface area (Å²) >= 11 is 5.42. The van der Waals surface area contributed by atoms with Crippen LogP contribution in [-0.4, -0.2) is 17.9 Å². The molecule has 0 bridgehead atoms. The molecule has 0 unspecified atom stereocenters. The topological polar surface area (TPSA) is 39.2 Å². The smallest absolute Gasteiger partial charge is 0.387 e. The molecule has 1 aromatic heterocycles. The standard InChI is InChI=1S/C7H4ClF2NO2/c8-6-2-1-5(13-7(9)10)4(3-12)11-6/h1-3,7H. The zero-order chi connectivity index (χ0) is 9.84. The Balaban J connectivity index is 2.99. The normalized spacial score (nSPS) is 10.2. The van der Waals surface area contributed by atoms with Crippen LogP contribution in [0.3, 0.4) is 0 Å². The quantitative estimate of drug-likeness (QED) is 0.563. The molecule has 0 atom stereocenters. The third kappa shape index (κ3) is 2.62. The van der Waals surface area contributed by atoms with Gasteiger partial charge in [0.25, 0.3) is 0 Å².